The van der Waals surface area contributed by atoms with E-state index in [0.717, 1.165) is 38.4 Å². The van der Waals surface area contributed by atoms with Crippen molar-refractivity contribution in [3.63, 3.8) is 0 Å². The second kappa shape index (κ2) is 4.46. The van der Waals surface area contributed by atoms with E-state index in [-0.39, 0.29) is 5.92 Å². The van der Waals surface area contributed by atoms with Crippen molar-refractivity contribution in [2.75, 3.05) is 0 Å². The van der Waals surface area contributed by atoms with E-state index in [0.29, 0.717) is 23.5 Å². The molecular weight excluding hydrogens is 188 g/mol. The lowest BCUT2D eigenvalue weighted by Crippen LogP contribution is -2.24. The smallest absolute Gasteiger partial charge is 0.133 e. The van der Waals surface area contributed by atoms with E-state index in [4.69, 9.17) is 0 Å². The number of hydrogen-bond donors (Lipinski definition) is 0. The summed E-state index contributed by atoms with van der Waals surface area (Å²) in [4.78, 5) is 22.5. The predicted octanol–water partition coefficient (Wildman–Crippen LogP) is 2.61. The maximum atomic E-state index is 11.5. The summed E-state index contributed by atoms with van der Waals surface area (Å²) >= 11 is 0. The Labute approximate surface area is 91.4 Å². The molecule has 2 fully saturated rings. The molecule has 2 nitrogen and oxygen atoms in total. The monoisotopic (exact) mass is 208 g/mol. The zero-order valence-corrected chi connectivity index (χ0v) is 9.45. The topological polar surface area (TPSA) is 34.1 Å². The van der Waals surface area contributed by atoms with Crippen LogP contribution in [0.5, 0.6) is 0 Å². The van der Waals surface area contributed by atoms with Crippen molar-refractivity contribution in [1.29, 1.82) is 0 Å². The summed E-state index contributed by atoms with van der Waals surface area (Å²) in [6.07, 6.45) is 7.67. The Morgan fingerprint density at radius 3 is 2.53 bits per heavy atom. The molecule has 0 heterocycles. The van der Waals surface area contributed by atoms with Crippen LogP contribution in [0.15, 0.2) is 0 Å². The molecule has 0 N–H and O–H groups in total. The number of aldehydes is 1. The van der Waals surface area contributed by atoms with Gasteiger partial charge in [-0.1, -0.05) is 6.42 Å². The summed E-state index contributed by atoms with van der Waals surface area (Å²) in [5.74, 6) is 2.10. The zero-order chi connectivity index (χ0) is 10.8. The van der Waals surface area contributed by atoms with E-state index in [1.165, 1.54) is 6.42 Å². The van der Waals surface area contributed by atoms with Crippen LogP contribution in [0.4, 0.5) is 0 Å². The zero-order valence-electron chi connectivity index (χ0n) is 9.45. The highest BCUT2D eigenvalue weighted by Gasteiger charge is 2.38. The van der Waals surface area contributed by atoms with Gasteiger partial charge in [0.25, 0.3) is 0 Å². The van der Waals surface area contributed by atoms with Crippen LogP contribution in [-0.4, -0.2) is 12.1 Å². The Hall–Kier alpha value is -0.660. The summed E-state index contributed by atoms with van der Waals surface area (Å²) in [5, 5.41) is 0. The van der Waals surface area contributed by atoms with E-state index in [2.05, 4.69) is 0 Å². The summed E-state index contributed by atoms with van der Waals surface area (Å²) in [5.41, 5.74) is 0. The molecule has 0 aromatic heterocycles. The van der Waals surface area contributed by atoms with E-state index in [9.17, 15) is 9.59 Å². The van der Waals surface area contributed by atoms with Crippen LogP contribution in [-0.2, 0) is 9.59 Å². The SMILES string of the molecule is CC(=O)C1CCCC(C=O)C2CCC1C2. The average molecular weight is 208 g/mol. The van der Waals surface area contributed by atoms with E-state index in [1.807, 2.05) is 0 Å². The quantitative estimate of drug-likeness (QED) is 0.654. The van der Waals surface area contributed by atoms with Crippen molar-refractivity contribution >= 4 is 12.1 Å². The van der Waals surface area contributed by atoms with Crippen molar-refractivity contribution in [3.05, 3.63) is 0 Å². The molecule has 0 amide bonds. The Morgan fingerprint density at radius 2 is 1.87 bits per heavy atom. The lowest BCUT2D eigenvalue weighted by Gasteiger charge is -2.26. The molecule has 0 aromatic carbocycles. The Morgan fingerprint density at radius 1 is 1.13 bits per heavy atom. The van der Waals surface area contributed by atoms with Gasteiger partial charge in [-0.2, -0.15) is 0 Å². The molecule has 2 bridgehead atoms. The standard InChI is InChI=1S/C13H20O2/c1-9(15)13-4-2-3-12(8-14)10-5-6-11(13)7-10/h8,10-13H,2-7H2,1H3. The first-order valence-electron chi connectivity index (χ1n) is 6.18. The molecule has 4 unspecified atom stereocenters. The summed E-state index contributed by atoms with van der Waals surface area (Å²) < 4.78 is 0. The van der Waals surface area contributed by atoms with Crippen LogP contribution in [0.3, 0.4) is 0 Å². The highest BCUT2D eigenvalue weighted by molar-refractivity contribution is 5.78. The van der Waals surface area contributed by atoms with Gasteiger partial charge in [0.05, 0.1) is 0 Å². The maximum absolute atomic E-state index is 11.5. The fourth-order valence-electron chi connectivity index (χ4n) is 3.57. The lowest BCUT2D eigenvalue weighted by molar-refractivity contribution is -0.122. The second-order valence-corrected chi connectivity index (χ2v) is 5.28. The van der Waals surface area contributed by atoms with Gasteiger partial charge in [-0.25, -0.2) is 0 Å². The molecule has 2 heteroatoms. The third-order valence-electron chi connectivity index (χ3n) is 4.44. The van der Waals surface area contributed by atoms with Crippen LogP contribution in [0.25, 0.3) is 0 Å². The molecule has 4 atom stereocenters. The minimum absolute atomic E-state index is 0.280. The molecule has 0 saturated heterocycles. The fourth-order valence-corrected chi connectivity index (χ4v) is 3.57. The van der Waals surface area contributed by atoms with Crippen LogP contribution in [0.1, 0.15) is 45.4 Å². The van der Waals surface area contributed by atoms with Crippen LogP contribution >= 0.6 is 0 Å². The van der Waals surface area contributed by atoms with Crippen LogP contribution in [0.2, 0.25) is 0 Å². The molecule has 0 aliphatic heterocycles. The molecule has 2 aliphatic rings. The van der Waals surface area contributed by atoms with Gasteiger partial charge in [0.1, 0.15) is 12.1 Å². The number of rotatable bonds is 2. The number of fused-ring (bicyclic) bond motifs is 2. The first-order valence-corrected chi connectivity index (χ1v) is 6.18. The minimum atomic E-state index is 0.280. The lowest BCUT2D eigenvalue weighted by atomic mass is 9.77. The highest BCUT2D eigenvalue weighted by atomic mass is 16.1. The highest BCUT2D eigenvalue weighted by Crippen LogP contribution is 2.44. The van der Waals surface area contributed by atoms with E-state index < -0.39 is 0 Å². The first-order chi connectivity index (χ1) is 7.22. The van der Waals surface area contributed by atoms with Gasteiger partial charge >= 0.3 is 0 Å². The molecule has 0 spiro atoms. The van der Waals surface area contributed by atoms with Gasteiger partial charge in [0.15, 0.2) is 0 Å². The number of carbonyl (C=O) groups is 2. The maximum Gasteiger partial charge on any atom is 0.133 e. The molecule has 2 aliphatic carbocycles. The Kier molecular flexibility index (Phi) is 3.22. The third kappa shape index (κ3) is 2.14. The average Bonchev–Trinajstić information content (AvgIpc) is 2.64. The van der Waals surface area contributed by atoms with E-state index in [1.54, 1.807) is 6.92 Å². The third-order valence-corrected chi connectivity index (χ3v) is 4.44. The van der Waals surface area contributed by atoms with Crippen LogP contribution in [0, 0.1) is 23.7 Å². The molecule has 84 valence electrons. The molecular formula is C13H20O2. The van der Waals surface area contributed by atoms with Crippen molar-refractivity contribution in [2.24, 2.45) is 23.7 Å². The summed E-state index contributed by atoms with van der Waals surface area (Å²) in [6.45, 7) is 1.73. The minimum Gasteiger partial charge on any atom is -0.303 e. The molecule has 15 heavy (non-hydrogen) atoms. The summed E-state index contributed by atoms with van der Waals surface area (Å²) in [7, 11) is 0. The fraction of sp³-hybridized carbons (Fsp3) is 0.846. The van der Waals surface area contributed by atoms with Crippen molar-refractivity contribution < 1.29 is 9.59 Å². The van der Waals surface area contributed by atoms with Gasteiger partial charge in [0, 0.05) is 11.8 Å². The first kappa shape index (κ1) is 10.8. The predicted molar refractivity (Wildman–Crippen MR) is 58.4 cm³/mol. The largest absolute Gasteiger partial charge is 0.303 e. The number of Topliss-reactive ketones (excluding diaryl/α,β-unsaturated/α-hetero) is 1. The van der Waals surface area contributed by atoms with Gasteiger partial charge in [-0.3, -0.25) is 4.79 Å². The molecule has 0 radical (unpaired) electrons. The van der Waals surface area contributed by atoms with Gasteiger partial charge in [0.2, 0.25) is 0 Å². The Balaban J connectivity index is 2.09. The van der Waals surface area contributed by atoms with Crippen LogP contribution < -0.4 is 0 Å². The number of carbonyl (C=O) groups excluding carboxylic acids is 2. The molecule has 2 saturated carbocycles. The number of ketones is 1. The molecule has 2 rings (SSSR count). The van der Waals surface area contributed by atoms with Crippen molar-refractivity contribution in [3.8, 4) is 0 Å². The second-order valence-electron chi connectivity index (χ2n) is 5.28. The normalized spacial score (nSPS) is 40.6. The Bertz CT molecular complexity index is 259. The van der Waals surface area contributed by atoms with Gasteiger partial charge in [-0.15, -0.1) is 0 Å². The number of hydrogen-bond acceptors (Lipinski definition) is 2. The van der Waals surface area contributed by atoms with Crippen molar-refractivity contribution in [1.82, 2.24) is 0 Å². The van der Waals surface area contributed by atoms with Gasteiger partial charge in [-0.05, 0) is 50.9 Å². The van der Waals surface area contributed by atoms with Crippen molar-refractivity contribution in [2.45, 2.75) is 45.4 Å². The summed E-state index contributed by atoms with van der Waals surface area (Å²) in [6, 6.07) is 0. The van der Waals surface area contributed by atoms with E-state index >= 15 is 0 Å². The molecule has 0 aromatic rings. The van der Waals surface area contributed by atoms with Gasteiger partial charge < -0.3 is 4.79 Å².